The summed E-state index contributed by atoms with van der Waals surface area (Å²) < 4.78 is 10.7. The summed E-state index contributed by atoms with van der Waals surface area (Å²) in [5.41, 5.74) is 6.54. The summed E-state index contributed by atoms with van der Waals surface area (Å²) in [4.78, 5) is 13.8. The Balaban J connectivity index is 2.21. The SMILES string of the molecule is COc1cccc(OC)c1CN1CC(CN)CC1=O. The summed E-state index contributed by atoms with van der Waals surface area (Å²) in [6.07, 6.45) is 0.536. The number of methoxy groups -OCH3 is 2. The molecule has 0 aromatic heterocycles. The van der Waals surface area contributed by atoms with Crippen LogP contribution in [0.25, 0.3) is 0 Å². The lowest BCUT2D eigenvalue weighted by Gasteiger charge is -2.20. The zero-order chi connectivity index (χ0) is 13.8. The molecule has 0 bridgehead atoms. The summed E-state index contributed by atoms with van der Waals surface area (Å²) >= 11 is 0. The molecule has 2 N–H and O–H groups in total. The first kappa shape index (κ1) is 13.7. The maximum atomic E-state index is 11.9. The van der Waals surface area contributed by atoms with Crippen LogP contribution in [0.15, 0.2) is 18.2 Å². The molecule has 5 nitrogen and oxygen atoms in total. The minimum absolute atomic E-state index is 0.142. The van der Waals surface area contributed by atoms with Gasteiger partial charge in [0, 0.05) is 13.0 Å². The predicted octanol–water partition coefficient (Wildman–Crippen LogP) is 1.01. The molecule has 0 radical (unpaired) electrons. The van der Waals surface area contributed by atoms with Crippen molar-refractivity contribution in [3.63, 3.8) is 0 Å². The molecule has 5 heteroatoms. The molecule has 2 rings (SSSR count). The minimum atomic E-state index is 0.142. The fourth-order valence-electron chi connectivity index (χ4n) is 2.44. The van der Waals surface area contributed by atoms with Crippen molar-refractivity contribution in [1.29, 1.82) is 0 Å². The maximum Gasteiger partial charge on any atom is 0.223 e. The second kappa shape index (κ2) is 5.93. The first-order valence-electron chi connectivity index (χ1n) is 6.37. The highest BCUT2D eigenvalue weighted by atomic mass is 16.5. The van der Waals surface area contributed by atoms with E-state index in [0.29, 0.717) is 26.1 Å². The van der Waals surface area contributed by atoms with E-state index in [9.17, 15) is 4.79 Å². The van der Waals surface area contributed by atoms with E-state index in [1.54, 1.807) is 14.2 Å². The van der Waals surface area contributed by atoms with Crippen LogP contribution < -0.4 is 15.2 Å². The number of hydrogen-bond acceptors (Lipinski definition) is 4. The van der Waals surface area contributed by atoms with Gasteiger partial charge in [-0.2, -0.15) is 0 Å². The minimum Gasteiger partial charge on any atom is -0.496 e. The van der Waals surface area contributed by atoms with Gasteiger partial charge >= 0.3 is 0 Å². The van der Waals surface area contributed by atoms with Crippen LogP contribution in [0.3, 0.4) is 0 Å². The molecule has 1 aromatic rings. The van der Waals surface area contributed by atoms with Gasteiger partial charge in [-0.3, -0.25) is 4.79 Å². The quantitative estimate of drug-likeness (QED) is 0.862. The molecule has 19 heavy (non-hydrogen) atoms. The second-order valence-electron chi connectivity index (χ2n) is 4.72. The highest BCUT2D eigenvalue weighted by Gasteiger charge is 2.29. The molecule has 0 spiro atoms. The number of likely N-dealkylation sites (tertiary alicyclic amines) is 1. The first-order chi connectivity index (χ1) is 9.19. The molecule has 1 unspecified atom stereocenters. The summed E-state index contributed by atoms with van der Waals surface area (Å²) in [5.74, 6) is 1.88. The van der Waals surface area contributed by atoms with Gasteiger partial charge in [-0.25, -0.2) is 0 Å². The van der Waals surface area contributed by atoms with Crippen molar-refractivity contribution in [1.82, 2.24) is 4.90 Å². The zero-order valence-electron chi connectivity index (χ0n) is 11.4. The molecule has 1 aromatic carbocycles. The van der Waals surface area contributed by atoms with Gasteiger partial charge in [0.2, 0.25) is 5.91 Å². The van der Waals surface area contributed by atoms with E-state index in [1.165, 1.54) is 0 Å². The van der Waals surface area contributed by atoms with Crippen LogP contribution in [0.5, 0.6) is 11.5 Å². The number of carbonyl (C=O) groups excluding carboxylic acids is 1. The van der Waals surface area contributed by atoms with E-state index in [-0.39, 0.29) is 11.8 Å². The number of rotatable bonds is 5. The molecule has 1 atom stereocenters. The van der Waals surface area contributed by atoms with Crippen LogP contribution in [0.2, 0.25) is 0 Å². The van der Waals surface area contributed by atoms with E-state index in [4.69, 9.17) is 15.2 Å². The second-order valence-corrected chi connectivity index (χ2v) is 4.72. The van der Waals surface area contributed by atoms with Gasteiger partial charge in [-0.15, -0.1) is 0 Å². The fraction of sp³-hybridized carbons (Fsp3) is 0.500. The summed E-state index contributed by atoms with van der Waals surface area (Å²) in [7, 11) is 3.24. The number of amides is 1. The lowest BCUT2D eigenvalue weighted by Crippen LogP contribution is -2.26. The van der Waals surface area contributed by atoms with Crippen LogP contribution in [0.1, 0.15) is 12.0 Å². The normalized spacial score (nSPS) is 18.8. The zero-order valence-corrected chi connectivity index (χ0v) is 11.4. The number of hydrogen-bond donors (Lipinski definition) is 1. The van der Waals surface area contributed by atoms with Crippen LogP contribution in [-0.2, 0) is 11.3 Å². The van der Waals surface area contributed by atoms with Crippen molar-refractivity contribution in [2.45, 2.75) is 13.0 Å². The third-order valence-electron chi connectivity index (χ3n) is 3.51. The van der Waals surface area contributed by atoms with Crippen molar-refractivity contribution in [3.05, 3.63) is 23.8 Å². The van der Waals surface area contributed by atoms with Gasteiger partial charge < -0.3 is 20.1 Å². The van der Waals surface area contributed by atoms with Crippen LogP contribution >= 0.6 is 0 Å². The number of carbonyl (C=O) groups is 1. The molecule has 0 saturated carbocycles. The molecule has 1 amide bonds. The fourth-order valence-corrected chi connectivity index (χ4v) is 2.44. The average molecular weight is 264 g/mol. The monoisotopic (exact) mass is 264 g/mol. The van der Waals surface area contributed by atoms with Crippen molar-refractivity contribution >= 4 is 5.91 Å². The molecule has 1 saturated heterocycles. The average Bonchev–Trinajstić information content (AvgIpc) is 2.79. The van der Waals surface area contributed by atoms with Crippen molar-refractivity contribution in [2.75, 3.05) is 27.3 Å². The Labute approximate surface area is 113 Å². The third kappa shape index (κ3) is 2.81. The summed E-state index contributed by atoms with van der Waals surface area (Å²) in [6, 6.07) is 5.62. The number of benzene rings is 1. The number of nitrogens with two attached hydrogens (primary N) is 1. The summed E-state index contributed by atoms with van der Waals surface area (Å²) in [6.45, 7) is 1.75. The predicted molar refractivity (Wildman–Crippen MR) is 72.1 cm³/mol. The van der Waals surface area contributed by atoms with E-state index in [0.717, 1.165) is 17.1 Å². The summed E-state index contributed by atoms with van der Waals surface area (Å²) in [5, 5.41) is 0. The van der Waals surface area contributed by atoms with Gasteiger partial charge in [0.25, 0.3) is 0 Å². The molecular formula is C14H20N2O3. The lowest BCUT2D eigenvalue weighted by atomic mass is 10.1. The molecule has 1 heterocycles. The third-order valence-corrected chi connectivity index (χ3v) is 3.51. The standard InChI is InChI=1S/C14H20N2O3/c1-18-12-4-3-5-13(19-2)11(12)9-16-8-10(7-15)6-14(16)17/h3-5,10H,6-9,15H2,1-2H3. The highest BCUT2D eigenvalue weighted by Crippen LogP contribution is 2.31. The molecular weight excluding hydrogens is 244 g/mol. The largest absolute Gasteiger partial charge is 0.496 e. The Morgan fingerprint density at radius 1 is 1.32 bits per heavy atom. The molecule has 1 fully saturated rings. The van der Waals surface area contributed by atoms with Gasteiger partial charge in [-0.05, 0) is 24.6 Å². The highest BCUT2D eigenvalue weighted by molar-refractivity contribution is 5.78. The van der Waals surface area contributed by atoms with E-state index in [2.05, 4.69) is 0 Å². The number of ether oxygens (including phenoxy) is 2. The van der Waals surface area contributed by atoms with Gasteiger partial charge in [-0.1, -0.05) is 6.07 Å². The van der Waals surface area contributed by atoms with Crippen LogP contribution in [0.4, 0.5) is 0 Å². The smallest absolute Gasteiger partial charge is 0.223 e. The Kier molecular flexibility index (Phi) is 4.27. The Morgan fingerprint density at radius 2 is 1.95 bits per heavy atom. The van der Waals surface area contributed by atoms with Crippen molar-refractivity contribution < 1.29 is 14.3 Å². The first-order valence-corrected chi connectivity index (χ1v) is 6.37. The topological polar surface area (TPSA) is 64.8 Å². The van der Waals surface area contributed by atoms with Gasteiger partial charge in [0.1, 0.15) is 11.5 Å². The van der Waals surface area contributed by atoms with E-state index >= 15 is 0 Å². The van der Waals surface area contributed by atoms with Gasteiger partial charge in [0.05, 0.1) is 26.3 Å². The Bertz CT molecular complexity index is 440. The lowest BCUT2D eigenvalue weighted by molar-refractivity contribution is -0.128. The Morgan fingerprint density at radius 3 is 2.42 bits per heavy atom. The van der Waals surface area contributed by atoms with Crippen molar-refractivity contribution in [3.8, 4) is 11.5 Å². The molecule has 104 valence electrons. The molecule has 1 aliphatic rings. The Hall–Kier alpha value is -1.75. The van der Waals surface area contributed by atoms with E-state index in [1.807, 2.05) is 23.1 Å². The maximum absolute atomic E-state index is 11.9. The molecule has 1 aliphatic heterocycles. The van der Waals surface area contributed by atoms with Crippen LogP contribution in [0, 0.1) is 5.92 Å². The molecule has 0 aliphatic carbocycles. The number of nitrogens with zero attached hydrogens (tertiary/aromatic N) is 1. The van der Waals surface area contributed by atoms with E-state index < -0.39 is 0 Å². The van der Waals surface area contributed by atoms with Crippen LogP contribution in [-0.4, -0.2) is 38.1 Å². The van der Waals surface area contributed by atoms with Crippen molar-refractivity contribution in [2.24, 2.45) is 11.7 Å². The van der Waals surface area contributed by atoms with Gasteiger partial charge in [0.15, 0.2) is 0 Å².